The van der Waals surface area contributed by atoms with Crippen molar-refractivity contribution in [1.29, 1.82) is 0 Å². The van der Waals surface area contributed by atoms with Crippen molar-refractivity contribution >= 4 is 23.2 Å². The van der Waals surface area contributed by atoms with Crippen LogP contribution in [0.25, 0.3) is 0 Å². The zero-order valence-corrected chi connectivity index (χ0v) is 14.2. The number of piperidine rings is 1. The van der Waals surface area contributed by atoms with E-state index in [1.165, 1.54) is 17.7 Å². The molecule has 0 aliphatic carbocycles. The molecule has 1 saturated heterocycles. The molecule has 4 rings (SSSR count). The summed E-state index contributed by atoms with van der Waals surface area (Å²) >= 11 is 12.1. The zero-order valence-electron chi connectivity index (χ0n) is 12.7. The maximum atomic E-state index is 12.1. The van der Waals surface area contributed by atoms with Crippen LogP contribution < -0.4 is 5.56 Å². The summed E-state index contributed by atoms with van der Waals surface area (Å²) in [5.74, 6) is 0.989. The molecule has 23 heavy (non-hydrogen) atoms. The topological polar surface area (TPSA) is 25.2 Å². The second-order valence-electron chi connectivity index (χ2n) is 6.64. The highest BCUT2D eigenvalue weighted by atomic mass is 35.5. The van der Waals surface area contributed by atoms with Crippen LogP contribution >= 0.6 is 23.2 Å². The van der Waals surface area contributed by atoms with E-state index in [9.17, 15) is 4.79 Å². The van der Waals surface area contributed by atoms with Gasteiger partial charge in [0, 0.05) is 43.9 Å². The first kappa shape index (κ1) is 15.3. The maximum absolute atomic E-state index is 12.1. The van der Waals surface area contributed by atoms with Crippen molar-refractivity contribution in [2.75, 3.05) is 13.1 Å². The summed E-state index contributed by atoms with van der Waals surface area (Å²) in [5, 5.41) is 1.21. The second-order valence-corrected chi connectivity index (χ2v) is 7.46. The van der Waals surface area contributed by atoms with Crippen LogP contribution in [0.5, 0.6) is 0 Å². The number of fused-ring (bicyclic) bond motifs is 4. The molecule has 0 spiro atoms. The van der Waals surface area contributed by atoms with Crippen LogP contribution in [-0.2, 0) is 13.1 Å². The van der Waals surface area contributed by atoms with Gasteiger partial charge < -0.3 is 4.57 Å². The molecule has 1 aromatic carbocycles. The lowest BCUT2D eigenvalue weighted by atomic mass is 9.83. The molecule has 1 aromatic heterocycles. The van der Waals surface area contributed by atoms with Crippen molar-refractivity contribution in [3.63, 3.8) is 0 Å². The van der Waals surface area contributed by atoms with E-state index in [-0.39, 0.29) is 5.56 Å². The van der Waals surface area contributed by atoms with Crippen molar-refractivity contribution in [2.45, 2.75) is 25.4 Å². The Morgan fingerprint density at radius 1 is 1.04 bits per heavy atom. The van der Waals surface area contributed by atoms with Gasteiger partial charge in [-0.1, -0.05) is 35.3 Å². The maximum Gasteiger partial charge on any atom is 0.250 e. The average molecular weight is 349 g/mol. The molecule has 2 aliphatic heterocycles. The number of nitrogens with zero attached hydrogens (tertiary/aromatic N) is 2. The highest BCUT2D eigenvalue weighted by Crippen LogP contribution is 2.35. The third-order valence-electron chi connectivity index (χ3n) is 4.95. The molecule has 3 nitrogen and oxygen atoms in total. The summed E-state index contributed by atoms with van der Waals surface area (Å²) in [6.45, 7) is 3.72. The number of benzene rings is 1. The minimum atomic E-state index is 0.134. The molecular weight excluding hydrogens is 331 g/mol. The minimum absolute atomic E-state index is 0.134. The molecule has 1 fully saturated rings. The van der Waals surface area contributed by atoms with Gasteiger partial charge in [0.15, 0.2) is 0 Å². The summed E-state index contributed by atoms with van der Waals surface area (Å²) < 4.78 is 1.97. The summed E-state index contributed by atoms with van der Waals surface area (Å²) in [5.41, 5.74) is 2.51. The van der Waals surface area contributed by atoms with Gasteiger partial charge in [0.1, 0.15) is 0 Å². The Hall–Kier alpha value is -1.29. The van der Waals surface area contributed by atoms with Crippen molar-refractivity contribution in [2.24, 2.45) is 5.92 Å². The molecule has 0 N–H and O–H groups in total. The Morgan fingerprint density at radius 3 is 2.74 bits per heavy atom. The number of likely N-dealkylation sites (tertiary alicyclic amines) is 1. The largest absolute Gasteiger partial charge is 0.312 e. The number of hydrogen-bond acceptors (Lipinski definition) is 2. The van der Waals surface area contributed by atoms with Gasteiger partial charge in [-0.2, -0.15) is 0 Å². The van der Waals surface area contributed by atoms with E-state index in [2.05, 4.69) is 11.0 Å². The molecular formula is C18H18Cl2N2O. The highest BCUT2D eigenvalue weighted by molar-refractivity contribution is 6.42. The quantitative estimate of drug-likeness (QED) is 0.825. The number of rotatable bonds is 2. The normalized spacial score (nSPS) is 23.6. The van der Waals surface area contributed by atoms with Gasteiger partial charge in [-0.25, -0.2) is 0 Å². The SMILES string of the molecule is O=c1cccc2n1CC1CC2CN(Cc2ccc(Cl)c(Cl)c2)C1. The van der Waals surface area contributed by atoms with E-state index in [0.717, 1.165) is 26.2 Å². The number of hydrogen-bond donors (Lipinski definition) is 0. The molecule has 120 valence electrons. The van der Waals surface area contributed by atoms with Crippen LogP contribution in [0.3, 0.4) is 0 Å². The van der Waals surface area contributed by atoms with Gasteiger partial charge in [0.2, 0.25) is 0 Å². The molecule has 2 unspecified atom stereocenters. The third-order valence-corrected chi connectivity index (χ3v) is 5.68. The first-order valence-electron chi connectivity index (χ1n) is 7.96. The van der Waals surface area contributed by atoms with Crippen LogP contribution in [0.15, 0.2) is 41.2 Å². The standard InChI is InChI=1S/C18H18Cl2N2O/c19-15-5-4-12(7-16(15)20)8-21-9-13-6-14(11-21)17-2-1-3-18(23)22(17)10-13/h1-5,7,13-14H,6,8-11H2. The summed E-state index contributed by atoms with van der Waals surface area (Å²) in [4.78, 5) is 14.5. The van der Waals surface area contributed by atoms with E-state index in [0.29, 0.717) is 21.9 Å². The van der Waals surface area contributed by atoms with Crippen LogP contribution in [0.4, 0.5) is 0 Å². The molecule has 0 radical (unpaired) electrons. The fourth-order valence-corrected chi connectivity index (χ4v) is 4.34. The summed E-state index contributed by atoms with van der Waals surface area (Å²) in [7, 11) is 0. The molecule has 2 bridgehead atoms. The number of halogens is 2. The van der Waals surface area contributed by atoms with Gasteiger partial charge in [-0.15, -0.1) is 0 Å². The van der Waals surface area contributed by atoms with Crippen LogP contribution in [0, 0.1) is 5.92 Å². The Balaban J connectivity index is 1.56. The van der Waals surface area contributed by atoms with E-state index in [1.807, 2.05) is 28.8 Å². The Kier molecular flexibility index (Phi) is 3.96. The molecule has 2 aromatic rings. The predicted molar refractivity (Wildman–Crippen MR) is 93.3 cm³/mol. The minimum Gasteiger partial charge on any atom is -0.312 e. The van der Waals surface area contributed by atoms with Gasteiger partial charge in [-0.3, -0.25) is 9.69 Å². The lowest BCUT2D eigenvalue weighted by Crippen LogP contribution is -2.46. The van der Waals surface area contributed by atoms with E-state index in [1.54, 1.807) is 6.07 Å². The Labute approximate surface area is 145 Å². The van der Waals surface area contributed by atoms with Crippen molar-refractivity contribution in [3.8, 4) is 0 Å². The van der Waals surface area contributed by atoms with E-state index < -0.39 is 0 Å². The third kappa shape index (κ3) is 2.93. The zero-order chi connectivity index (χ0) is 16.0. The van der Waals surface area contributed by atoms with E-state index in [4.69, 9.17) is 23.2 Å². The van der Waals surface area contributed by atoms with Gasteiger partial charge >= 0.3 is 0 Å². The lowest BCUT2D eigenvalue weighted by molar-refractivity contribution is 0.114. The summed E-state index contributed by atoms with van der Waals surface area (Å²) in [6, 6.07) is 11.5. The Bertz CT molecular complexity index is 802. The number of pyridine rings is 1. The van der Waals surface area contributed by atoms with Crippen molar-refractivity contribution < 1.29 is 0 Å². The smallest absolute Gasteiger partial charge is 0.250 e. The molecule has 3 heterocycles. The van der Waals surface area contributed by atoms with Crippen molar-refractivity contribution in [1.82, 2.24) is 9.47 Å². The molecule has 0 amide bonds. The second kappa shape index (κ2) is 5.97. The fraction of sp³-hybridized carbons (Fsp3) is 0.389. The first-order chi connectivity index (χ1) is 11.1. The van der Waals surface area contributed by atoms with Crippen LogP contribution in [-0.4, -0.2) is 22.6 Å². The molecule has 2 aliphatic rings. The molecule has 0 saturated carbocycles. The number of aromatic nitrogens is 1. The average Bonchev–Trinajstić information content (AvgIpc) is 2.52. The highest BCUT2D eigenvalue weighted by Gasteiger charge is 2.34. The fourth-order valence-electron chi connectivity index (χ4n) is 4.02. The van der Waals surface area contributed by atoms with Gasteiger partial charge in [0.05, 0.1) is 10.0 Å². The molecule has 5 heteroatoms. The van der Waals surface area contributed by atoms with E-state index >= 15 is 0 Å². The van der Waals surface area contributed by atoms with Crippen LogP contribution in [0.1, 0.15) is 23.6 Å². The molecule has 2 atom stereocenters. The van der Waals surface area contributed by atoms with Crippen molar-refractivity contribution in [3.05, 3.63) is 68.1 Å². The van der Waals surface area contributed by atoms with Gasteiger partial charge in [-0.05, 0) is 36.1 Å². The Morgan fingerprint density at radius 2 is 1.91 bits per heavy atom. The van der Waals surface area contributed by atoms with Gasteiger partial charge in [0.25, 0.3) is 5.56 Å². The monoisotopic (exact) mass is 348 g/mol. The predicted octanol–water partition coefficient (Wildman–Crippen LogP) is 3.77. The lowest BCUT2D eigenvalue weighted by Gasteiger charge is -2.42. The van der Waals surface area contributed by atoms with Crippen LogP contribution in [0.2, 0.25) is 10.0 Å². The first-order valence-corrected chi connectivity index (χ1v) is 8.72. The summed E-state index contributed by atoms with van der Waals surface area (Å²) in [6.07, 6.45) is 1.18.